The van der Waals surface area contributed by atoms with Crippen LogP contribution >= 0.6 is 11.8 Å². The maximum absolute atomic E-state index is 12.9. The van der Waals surface area contributed by atoms with Gasteiger partial charge in [0.15, 0.2) is 5.16 Å². The number of esters is 1. The van der Waals surface area contributed by atoms with E-state index < -0.39 is 11.2 Å². The molecule has 8 heteroatoms. The average molecular weight is 426 g/mol. The van der Waals surface area contributed by atoms with Crippen LogP contribution in [-0.2, 0) is 20.9 Å². The van der Waals surface area contributed by atoms with Crippen LogP contribution in [0.2, 0.25) is 0 Å². The van der Waals surface area contributed by atoms with Crippen LogP contribution in [0.4, 0.5) is 5.69 Å². The number of aryl methyl sites for hydroxylation is 2. The van der Waals surface area contributed by atoms with Crippen LogP contribution in [0.5, 0.6) is 0 Å². The normalized spacial score (nSPS) is 11.9. The summed E-state index contributed by atoms with van der Waals surface area (Å²) >= 11 is 1.12. The molecular formula is C22H23N3O4S. The van der Waals surface area contributed by atoms with E-state index in [4.69, 9.17) is 4.74 Å². The number of hydrogen-bond acceptors (Lipinski definition) is 6. The lowest BCUT2D eigenvalue weighted by Gasteiger charge is -2.16. The summed E-state index contributed by atoms with van der Waals surface area (Å²) in [5, 5.41) is 3.06. The van der Waals surface area contributed by atoms with Gasteiger partial charge in [0, 0.05) is 5.69 Å². The standard InChI is InChI=1S/C22H23N3O4S/c1-13-9-10-14(2)18(11-13)23-20(27)15(3)30-22-24-17-8-6-5-7-16(17)21(28)25(22)12-19(26)29-4/h5-11,15H,12H2,1-4H3,(H,23,27)/t15-/m1/s1. The molecule has 30 heavy (non-hydrogen) atoms. The van der Waals surface area contributed by atoms with Gasteiger partial charge in [0.25, 0.3) is 5.56 Å². The summed E-state index contributed by atoms with van der Waals surface area (Å²) in [5.41, 5.74) is 2.90. The molecule has 1 atom stereocenters. The highest BCUT2D eigenvalue weighted by atomic mass is 32.2. The van der Waals surface area contributed by atoms with Gasteiger partial charge in [0.1, 0.15) is 6.54 Å². The molecule has 3 rings (SSSR count). The van der Waals surface area contributed by atoms with E-state index in [0.717, 1.165) is 28.6 Å². The molecule has 0 fully saturated rings. The molecule has 0 aliphatic carbocycles. The molecule has 156 valence electrons. The van der Waals surface area contributed by atoms with E-state index >= 15 is 0 Å². The van der Waals surface area contributed by atoms with Gasteiger partial charge in [0.2, 0.25) is 5.91 Å². The Kier molecular flexibility index (Phi) is 6.56. The van der Waals surface area contributed by atoms with E-state index in [1.807, 2.05) is 32.0 Å². The lowest BCUT2D eigenvalue weighted by Crippen LogP contribution is -2.29. The Hall–Kier alpha value is -3.13. The molecule has 0 spiro atoms. The summed E-state index contributed by atoms with van der Waals surface area (Å²) in [6.07, 6.45) is 0. The molecule has 1 amide bonds. The molecule has 3 aromatic rings. The van der Waals surface area contributed by atoms with E-state index in [9.17, 15) is 14.4 Å². The fourth-order valence-corrected chi connectivity index (χ4v) is 3.80. The van der Waals surface area contributed by atoms with Gasteiger partial charge < -0.3 is 10.1 Å². The number of anilines is 1. The Morgan fingerprint density at radius 1 is 1.20 bits per heavy atom. The Balaban J connectivity index is 1.92. The van der Waals surface area contributed by atoms with Crippen molar-refractivity contribution in [3.63, 3.8) is 0 Å². The maximum Gasteiger partial charge on any atom is 0.325 e. The number of methoxy groups -OCH3 is 1. The van der Waals surface area contributed by atoms with Crippen LogP contribution in [-0.4, -0.2) is 33.8 Å². The van der Waals surface area contributed by atoms with Crippen molar-refractivity contribution in [1.29, 1.82) is 0 Å². The first-order valence-corrected chi connectivity index (χ1v) is 10.3. The first-order chi connectivity index (χ1) is 14.3. The Bertz CT molecular complexity index is 1170. The Morgan fingerprint density at radius 2 is 1.93 bits per heavy atom. The Morgan fingerprint density at radius 3 is 2.67 bits per heavy atom. The van der Waals surface area contributed by atoms with Crippen molar-refractivity contribution >= 4 is 40.2 Å². The largest absolute Gasteiger partial charge is 0.468 e. The number of hydrogen-bond donors (Lipinski definition) is 1. The molecule has 0 radical (unpaired) electrons. The topological polar surface area (TPSA) is 90.3 Å². The SMILES string of the molecule is COC(=O)Cn1c(S[C@H](C)C(=O)Nc2cc(C)ccc2C)nc2ccccc2c1=O. The molecule has 0 bridgehead atoms. The minimum atomic E-state index is -0.566. The van der Waals surface area contributed by atoms with Crippen molar-refractivity contribution in [1.82, 2.24) is 9.55 Å². The number of rotatable bonds is 6. The zero-order valence-corrected chi connectivity index (χ0v) is 18.1. The molecule has 1 N–H and O–H groups in total. The molecule has 2 aromatic carbocycles. The van der Waals surface area contributed by atoms with Crippen LogP contribution < -0.4 is 10.9 Å². The quantitative estimate of drug-likeness (QED) is 0.370. The van der Waals surface area contributed by atoms with Crippen LogP contribution in [0.15, 0.2) is 52.4 Å². The number of aromatic nitrogens is 2. The summed E-state index contributed by atoms with van der Waals surface area (Å²) in [5.74, 6) is -0.788. The second-order valence-electron chi connectivity index (χ2n) is 6.95. The predicted molar refractivity (Wildman–Crippen MR) is 118 cm³/mol. The second kappa shape index (κ2) is 9.13. The molecule has 0 saturated heterocycles. The number of thioether (sulfide) groups is 1. The first kappa shape index (κ1) is 21.6. The van der Waals surface area contributed by atoms with Crippen molar-refractivity contribution in [3.05, 3.63) is 63.9 Å². The number of para-hydroxylation sites is 1. The van der Waals surface area contributed by atoms with Crippen molar-refractivity contribution in [2.75, 3.05) is 12.4 Å². The van der Waals surface area contributed by atoms with Crippen LogP contribution in [0.1, 0.15) is 18.1 Å². The number of benzene rings is 2. The third-order valence-electron chi connectivity index (χ3n) is 4.64. The monoisotopic (exact) mass is 425 g/mol. The van der Waals surface area contributed by atoms with Gasteiger partial charge >= 0.3 is 5.97 Å². The molecule has 0 saturated carbocycles. The van der Waals surface area contributed by atoms with Crippen LogP contribution in [0.25, 0.3) is 10.9 Å². The highest BCUT2D eigenvalue weighted by Gasteiger charge is 2.21. The number of carbonyl (C=O) groups is 2. The number of fused-ring (bicyclic) bond motifs is 1. The summed E-state index contributed by atoms with van der Waals surface area (Å²) in [6.45, 7) is 5.33. The highest BCUT2D eigenvalue weighted by molar-refractivity contribution is 8.00. The van der Waals surface area contributed by atoms with Crippen molar-refractivity contribution in [3.8, 4) is 0 Å². The number of ether oxygens (including phenoxy) is 1. The van der Waals surface area contributed by atoms with E-state index in [1.54, 1.807) is 31.2 Å². The van der Waals surface area contributed by atoms with E-state index in [-0.39, 0.29) is 23.2 Å². The fourth-order valence-electron chi connectivity index (χ4n) is 2.89. The van der Waals surface area contributed by atoms with E-state index in [0.29, 0.717) is 10.9 Å². The van der Waals surface area contributed by atoms with Gasteiger partial charge in [-0.1, -0.05) is 36.0 Å². The van der Waals surface area contributed by atoms with Gasteiger partial charge in [-0.25, -0.2) is 4.98 Å². The Labute approximate surface area is 178 Å². The molecular weight excluding hydrogens is 402 g/mol. The van der Waals surface area contributed by atoms with Gasteiger partial charge in [-0.05, 0) is 50.1 Å². The summed E-state index contributed by atoms with van der Waals surface area (Å²) in [4.78, 5) is 42.1. The maximum atomic E-state index is 12.9. The van der Waals surface area contributed by atoms with Gasteiger partial charge in [-0.3, -0.25) is 19.0 Å². The average Bonchev–Trinajstić information content (AvgIpc) is 2.73. The van der Waals surface area contributed by atoms with Crippen molar-refractivity contribution < 1.29 is 14.3 Å². The third-order valence-corrected chi connectivity index (χ3v) is 5.73. The number of nitrogens with zero attached hydrogens (tertiary/aromatic N) is 2. The lowest BCUT2D eigenvalue weighted by atomic mass is 10.1. The van der Waals surface area contributed by atoms with Crippen LogP contribution in [0, 0.1) is 13.8 Å². The molecule has 1 heterocycles. The molecule has 0 aliphatic rings. The third kappa shape index (κ3) is 4.71. The minimum absolute atomic E-state index is 0.222. The molecule has 7 nitrogen and oxygen atoms in total. The van der Waals surface area contributed by atoms with Crippen molar-refractivity contribution in [2.45, 2.75) is 37.7 Å². The van der Waals surface area contributed by atoms with Gasteiger partial charge in [-0.15, -0.1) is 0 Å². The second-order valence-corrected chi connectivity index (χ2v) is 8.25. The fraction of sp³-hybridized carbons (Fsp3) is 0.273. The van der Waals surface area contributed by atoms with Gasteiger partial charge in [-0.2, -0.15) is 0 Å². The predicted octanol–water partition coefficient (Wildman–Crippen LogP) is 3.31. The molecule has 0 aliphatic heterocycles. The smallest absolute Gasteiger partial charge is 0.325 e. The lowest BCUT2D eigenvalue weighted by molar-refractivity contribution is -0.141. The molecule has 0 unspecified atom stereocenters. The number of nitrogens with one attached hydrogen (secondary N) is 1. The minimum Gasteiger partial charge on any atom is -0.468 e. The highest BCUT2D eigenvalue weighted by Crippen LogP contribution is 2.25. The zero-order valence-electron chi connectivity index (χ0n) is 17.3. The summed E-state index contributed by atoms with van der Waals surface area (Å²) in [6, 6.07) is 12.7. The molecule has 1 aromatic heterocycles. The first-order valence-electron chi connectivity index (χ1n) is 9.41. The number of carbonyl (C=O) groups excluding carboxylic acids is 2. The number of amides is 1. The summed E-state index contributed by atoms with van der Waals surface area (Å²) < 4.78 is 5.97. The summed E-state index contributed by atoms with van der Waals surface area (Å²) in [7, 11) is 1.26. The van der Waals surface area contributed by atoms with E-state index in [2.05, 4.69) is 10.3 Å². The van der Waals surface area contributed by atoms with Crippen molar-refractivity contribution in [2.24, 2.45) is 0 Å². The zero-order chi connectivity index (χ0) is 21.8. The van der Waals surface area contributed by atoms with Crippen LogP contribution in [0.3, 0.4) is 0 Å². The van der Waals surface area contributed by atoms with Gasteiger partial charge in [0.05, 0.1) is 23.3 Å². The van der Waals surface area contributed by atoms with E-state index in [1.165, 1.54) is 11.7 Å².